The molecule has 1 aliphatic carbocycles. The van der Waals surface area contributed by atoms with Crippen molar-refractivity contribution in [1.29, 1.82) is 0 Å². The second-order valence-corrected chi connectivity index (χ2v) is 8.48. The van der Waals surface area contributed by atoms with Crippen LogP contribution in [0.3, 0.4) is 0 Å². The van der Waals surface area contributed by atoms with Crippen molar-refractivity contribution in [2.45, 2.75) is 57.5 Å². The standard InChI is InChI=1S/C24H29N3O3/c1-17-11-15-26(18(2)19-9-5-3-6-10-19)21(28)20(17)22(29)27-16-14-25-23(30)24(27)12-7-4-8-13-24/h3,5-6,9-11,15,18H,4,7-8,12-14,16H2,1-2H3,(H,25,30). The minimum absolute atomic E-state index is 0.0756. The fourth-order valence-electron chi connectivity index (χ4n) is 4.95. The van der Waals surface area contributed by atoms with E-state index in [0.717, 1.165) is 24.8 Å². The highest BCUT2D eigenvalue weighted by Crippen LogP contribution is 2.36. The molecule has 2 aromatic rings. The lowest BCUT2D eigenvalue weighted by atomic mass is 9.78. The van der Waals surface area contributed by atoms with Crippen LogP contribution in [0, 0.1) is 6.92 Å². The molecule has 6 heteroatoms. The zero-order valence-corrected chi connectivity index (χ0v) is 17.7. The van der Waals surface area contributed by atoms with Crippen LogP contribution in [0.1, 0.15) is 66.6 Å². The highest BCUT2D eigenvalue weighted by molar-refractivity contribution is 6.00. The van der Waals surface area contributed by atoms with E-state index in [-0.39, 0.29) is 29.0 Å². The number of hydrogen-bond donors (Lipinski definition) is 1. The Kier molecular flexibility index (Phi) is 5.50. The molecule has 1 aliphatic heterocycles. The van der Waals surface area contributed by atoms with Crippen molar-refractivity contribution in [1.82, 2.24) is 14.8 Å². The molecule has 4 rings (SSSR count). The molecule has 2 heterocycles. The second-order valence-electron chi connectivity index (χ2n) is 8.48. The normalized spacial score (nSPS) is 19.4. The number of benzene rings is 1. The van der Waals surface area contributed by atoms with Crippen molar-refractivity contribution in [2.24, 2.45) is 0 Å². The summed E-state index contributed by atoms with van der Waals surface area (Å²) in [6, 6.07) is 11.4. The van der Waals surface area contributed by atoms with E-state index in [0.29, 0.717) is 31.5 Å². The van der Waals surface area contributed by atoms with E-state index in [2.05, 4.69) is 5.32 Å². The number of pyridine rings is 1. The van der Waals surface area contributed by atoms with E-state index in [9.17, 15) is 14.4 Å². The molecule has 1 spiro atoms. The summed E-state index contributed by atoms with van der Waals surface area (Å²) in [5.41, 5.74) is 0.715. The van der Waals surface area contributed by atoms with Gasteiger partial charge in [-0.05, 0) is 43.9 Å². The van der Waals surface area contributed by atoms with Crippen molar-refractivity contribution < 1.29 is 9.59 Å². The molecule has 1 unspecified atom stereocenters. The van der Waals surface area contributed by atoms with E-state index in [1.807, 2.05) is 43.3 Å². The monoisotopic (exact) mass is 407 g/mol. The molecule has 0 bridgehead atoms. The molecular weight excluding hydrogens is 378 g/mol. The summed E-state index contributed by atoms with van der Waals surface area (Å²) < 4.78 is 1.62. The molecule has 2 amide bonds. The molecule has 1 aromatic carbocycles. The minimum atomic E-state index is -0.821. The maximum absolute atomic E-state index is 13.7. The van der Waals surface area contributed by atoms with Gasteiger partial charge in [0.2, 0.25) is 5.91 Å². The summed E-state index contributed by atoms with van der Waals surface area (Å²) in [5.74, 6) is -0.391. The summed E-state index contributed by atoms with van der Waals surface area (Å²) in [6.45, 7) is 4.61. The number of nitrogens with zero attached hydrogens (tertiary/aromatic N) is 2. The van der Waals surface area contributed by atoms with Crippen LogP contribution < -0.4 is 10.9 Å². The molecule has 6 nitrogen and oxygen atoms in total. The van der Waals surface area contributed by atoms with E-state index in [1.165, 1.54) is 0 Å². The van der Waals surface area contributed by atoms with Crippen molar-refractivity contribution in [3.63, 3.8) is 0 Å². The van der Waals surface area contributed by atoms with Gasteiger partial charge in [0.1, 0.15) is 11.1 Å². The van der Waals surface area contributed by atoms with E-state index >= 15 is 0 Å². The fourth-order valence-corrected chi connectivity index (χ4v) is 4.95. The van der Waals surface area contributed by atoms with Crippen molar-refractivity contribution in [3.8, 4) is 0 Å². The van der Waals surface area contributed by atoms with Gasteiger partial charge >= 0.3 is 0 Å². The fraction of sp³-hybridized carbons (Fsp3) is 0.458. The number of carbonyl (C=O) groups is 2. The van der Waals surface area contributed by atoms with Gasteiger partial charge in [-0.1, -0.05) is 49.6 Å². The smallest absolute Gasteiger partial charge is 0.264 e. The number of carbonyl (C=O) groups excluding carboxylic acids is 2. The Morgan fingerprint density at radius 2 is 1.77 bits per heavy atom. The van der Waals surface area contributed by atoms with Crippen LogP contribution in [0.4, 0.5) is 0 Å². The van der Waals surface area contributed by atoms with E-state index < -0.39 is 5.54 Å². The van der Waals surface area contributed by atoms with Gasteiger partial charge < -0.3 is 14.8 Å². The second kappa shape index (κ2) is 8.09. The SMILES string of the molecule is Cc1ccn(C(C)c2ccccc2)c(=O)c1C(=O)N1CCNC(=O)C12CCCCC2. The third-order valence-corrected chi connectivity index (χ3v) is 6.73. The summed E-state index contributed by atoms with van der Waals surface area (Å²) in [5, 5.41) is 2.94. The van der Waals surface area contributed by atoms with Crippen LogP contribution in [0.15, 0.2) is 47.4 Å². The minimum Gasteiger partial charge on any atom is -0.352 e. The van der Waals surface area contributed by atoms with Gasteiger partial charge in [0, 0.05) is 19.3 Å². The number of hydrogen-bond acceptors (Lipinski definition) is 3. The lowest BCUT2D eigenvalue weighted by Gasteiger charge is -2.48. The highest BCUT2D eigenvalue weighted by Gasteiger charge is 2.49. The molecule has 158 valence electrons. The number of amides is 2. The van der Waals surface area contributed by atoms with Gasteiger partial charge in [0.15, 0.2) is 0 Å². The first-order valence-corrected chi connectivity index (χ1v) is 10.8. The van der Waals surface area contributed by atoms with Gasteiger partial charge in [-0.2, -0.15) is 0 Å². The predicted molar refractivity (Wildman–Crippen MR) is 116 cm³/mol. The molecule has 2 aliphatic rings. The largest absolute Gasteiger partial charge is 0.352 e. The Labute approximate surface area is 176 Å². The number of nitrogens with one attached hydrogen (secondary N) is 1. The van der Waals surface area contributed by atoms with Gasteiger partial charge in [0.25, 0.3) is 11.5 Å². The third-order valence-electron chi connectivity index (χ3n) is 6.73. The summed E-state index contributed by atoms with van der Waals surface area (Å²) in [7, 11) is 0. The number of rotatable bonds is 3. The molecule has 1 N–H and O–H groups in total. The number of aromatic nitrogens is 1. The van der Waals surface area contributed by atoms with Crippen molar-refractivity contribution in [2.75, 3.05) is 13.1 Å². The molecule has 1 atom stereocenters. The quantitative estimate of drug-likeness (QED) is 0.850. The molecule has 1 saturated carbocycles. The van der Waals surface area contributed by atoms with Crippen molar-refractivity contribution in [3.05, 3.63) is 69.6 Å². The Bertz CT molecular complexity index is 1010. The van der Waals surface area contributed by atoms with Crippen LogP contribution in [-0.2, 0) is 4.79 Å². The molecular formula is C24H29N3O3. The lowest BCUT2D eigenvalue weighted by Crippen LogP contribution is -2.67. The van der Waals surface area contributed by atoms with Gasteiger partial charge in [-0.15, -0.1) is 0 Å². The molecule has 2 fully saturated rings. The van der Waals surface area contributed by atoms with Gasteiger partial charge in [-0.25, -0.2) is 0 Å². The van der Waals surface area contributed by atoms with E-state index in [4.69, 9.17) is 0 Å². The zero-order chi connectivity index (χ0) is 21.3. The van der Waals surface area contributed by atoms with Crippen LogP contribution in [-0.4, -0.2) is 39.9 Å². The van der Waals surface area contributed by atoms with E-state index in [1.54, 1.807) is 22.6 Å². The Balaban J connectivity index is 1.75. The van der Waals surface area contributed by atoms with Gasteiger partial charge in [-0.3, -0.25) is 14.4 Å². The molecule has 1 saturated heterocycles. The molecule has 0 radical (unpaired) electrons. The Morgan fingerprint density at radius 3 is 2.47 bits per heavy atom. The van der Waals surface area contributed by atoms with Crippen LogP contribution in [0.2, 0.25) is 0 Å². The van der Waals surface area contributed by atoms with Crippen LogP contribution in [0.25, 0.3) is 0 Å². The average molecular weight is 408 g/mol. The van der Waals surface area contributed by atoms with Crippen LogP contribution >= 0.6 is 0 Å². The van der Waals surface area contributed by atoms with Crippen molar-refractivity contribution >= 4 is 11.8 Å². The highest BCUT2D eigenvalue weighted by atomic mass is 16.2. The topological polar surface area (TPSA) is 71.4 Å². The maximum Gasteiger partial charge on any atom is 0.264 e. The first kappa shape index (κ1) is 20.4. The third kappa shape index (κ3) is 3.34. The predicted octanol–water partition coefficient (Wildman–Crippen LogP) is 3.04. The summed E-state index contributed by atoms with van der Waals surface area (Å²) in [4.78, 5) is 41.7. The maximum atomic E-state index is 13.7. The first-order valence-electron chi connectivity index (χ1n) is 10.8. The Hall–Kier alpha value is -2.89. The van der Waals surface area contributed by atoms with Crippen LogP contribution in [0.5, 0.6) is 0 Å². The number of aryl methyl sites for hydroxylation is 1. The zero-order valence-electron chi connectivity index (χ0n) is 17.7. The molecule has 1 aromatic heterocycles. The lowest BCUT2D eigenvalue weighted by molar-refractivity contribution is -0.137. The molecule has 30 heavy (non-hydrogen) atoms. The Morgan fingerprint density at radius 1 is 1.07 bits per heavy atom. The summed E-state index contributed by atoms with van der Waals surface area (Å²) >= 11 is 0. The average Bonchev–Trinajstić information content (AvgIpc) is 2.76. The first-order chi connectivity index (χ1) is 14.5. The summed E-state index contributed by atoms with van der Waals surface area (Å²) in [6.07, 6.45) is 5.98. The van der Waals surface area contributed by atoms with Gasteiger partial charge in [0.05, 0.1) is 6.04 Å². The number of piperazine rings is 1.